The lowest BCUT2D eigenvalue weighted by Gasteiger charge is -2.41. The average molecular weight is 335 g/mol. The van der Waals surface area contributed by atoms with Gasteiger partial charge in [0.15, 0.2) is 0 Å². The van der Waals surface area contributed by atoms with Crippen molar-refractivity contribution in [2.75, 3.05) is 13.1 Å². The third kappa shape index (κ3) is 2.16. The summed E-state index contributed by atoms with van der Waals surface area (Å²) in [5.74, 6) is -0.424. The zero-order valence-electron chi connectivity index (χ0n) is 10.3. The van der Waals surface area contributed by atoms with Gasteiger partial charge in [0.25, 0.3) is 10.0 Å². The van der Waals surface area contributed by atoms with E-state index in [4.69, 9.17) is 11.6 Å². The van der Waals surface area contributed by atoms with Gasteiger partial charge in [-0.1, -0.05) is 11.6 Å². The average Bonchev–Trinajstić information content (AvgIpc) is 2.88. The first-order valence-electron chi connectivity index (χ1n) is 6.00. The first-order valence-corrected chi connectivity index (χ1v) is 8.63. The van der Waals surface area contributed by atoms with Crippen LogP contribution in [0.3, 0.4) is 0 Å². The van der Waals surface area contributed by atoms with E-state index in [-0.39, 0.29) is 48.0 Å². The Hall–Kier alpha value is -0.960. The number of halogens is 1. The third-order valence-corrected chi connectivity index (χ3v) is 6.96. The van der Waals surface area contributed by atoms with Crippen molar-refractivity contribution in [1.29, 1.82) is 0 Å². The highest BCUT2D eigenvalue weighted by atomic mass is 35.5. The molecule has 2 aliphatic rings. The van der Waals surface area contributed by atoms with Crippen molar-refractivity contribution in [2.45, 2.75) is 23.1 Å². The number of carbonyl (C=O) groups is 2. The van der Waals surface area contributed by atoms with E-state index < -0.39 is 10.0 Å². The Kier molecular flexibility index (Phi) is 3.36. The second-order valence-corrected chi connectivity index (χ2v) is 8.57. The zero-order chi connectivity index (χ0) is 14.5. The highest BCUT2D eigenvalue weighted by molar-refractivity contribution is 7.91. The van der Waals surface area contributed by atoms with E-state index in [0.717, 1.165) is 11.3 Å². The zero-order valence-corrected chi connectivity index (χ0v) is 12.7. The number of sulfonamides is 1. The molecule has 0 bridgehead atoms. The molecule has 2 saturated heterocycles. The molecule has 0 spiro atoms. The topological polar surface area (TPSA) is 74.8 Å². The molecule has 1 aromatic heterocycles. The van der Waals surface area contributed by atoms with Gasteiger partial charge in [0.1, 0.15) is 4.21 Å². The monoisotopic (exact) mass is 334 g/mol. The summed E-state index contributed by atoms with van der Waals surface area (Å²) in [4.78, 5) is 24.3. The fraction of sp³-hybridized carbons (Fsp3) is 0.455. The summed E-state index contributed by atoms with van der Waals surface area (Å²) in [6.07, 6.45) is 0.450. The Morgan fingerprint density at radius 2 is 1.75 bits per heavy atom. The fourth-order valence-corrected chi connectivity index (χ4v) is 5.49. The SMILES string of the molecule is O=C1CCC(=O)N1C1CN(S(=O)(=O)c2ccc(Cl)s2)C1. The Morgan fingerprint density at radius 3 is 2.25 bits per heavy atom. The molecule has 2 amide bonds. The Bertz CT molecular complexity index is 662. The first kappa shape index (κ1) is 14.0. The minimum atomic E-state index is -3.56. The van der Waals surface area contributed by atoms with E-state index in [9.17, 15) is 18.0 Å². The van der Waals surface area contributed by atoms with Crippen LogP contribution in [-0.2, 0) is 19.6 Å². The molecule has 2 fully saturated rings. The van der Waals surface area contributed by atoms with Gasteiger partial charge in [0.05, 0.1) is 10.4 Å². The van der Waals surface area contributed by atoms with Crippen molar-refractivity contribution in [2.24, 2.45) is 0 Å². The number of imide groups is 1. The Balaban J connectivity index is 1.71. The second-order valence-electron chi connectivity index (χ2n) is 4.69. The van der Waals surface area contributed by atoms with E-state index in [0.29, 0.717) is 4.34 Å². The van der Waals surface area contributed by atoms with Gasteiger partial charge in [0.2, 0.25) is 11.8 Å². The number of hydrogen-bond donors (Lipinski definition) is 0. The number of rotatable bonds is 3. The molecule has 108 valence electrons. The highest BCUT2D eigenvalue weighted by Gasteiger charge is 2.45. The lowest BCUT2D eigenvalue weighted by molar-refractivity contribution is -0.143. The van der Waals surface area contributed by atoms with Gasteiger partial charge in [0, 0.05) is 25.9 Å². The Labute approximate surface area is 125 Å². The standard InChI is InChI=1S/C11H11ClN2O4S2/c12-8-1-4-11(19-8)20(17,18)13-5-7(6-13)14-9(15)2-3-10(14)16/h1,4,7H,2-3,5-6H2. The molecule has 2 aliphatic heterocycles. The molecule has 6 nitrogen and oxygen atoms in total. The van der Waals surface area contributed by atoms with Crippen LogP contribution in [0.4, 0.5) is 0 Å². The molecule has 0 aliphatic carbocycles. The smallest absolute Gasteiger partial charge is 0.252 e. The lowest BCUT2D eigenvalue weighted by atomic mass is 10.1. The van der Waals surface area contributed by atoms with Gasteiger partial charge in [-0.05, 0) is 12.1 Å². The van der Waals surface area contributed by atoms with Crippen molar-refractivity contribution >= 4 is 44.8 Å². The molecule has 0 aromatic carbocycles. The fourth-order valence-electron chi connectivity index (χ4n) is 2.34. The summed E-state index contributed by atoms with van der Waals surface area (Å²) in [6.45, 7) is 0.324. The molecule has 3 heterocycles. The van der Waals surface area contributed by atoms with Crippen LogP contribution < -0.4 is 0 Å². The van der Waals surface area contributed by atoms with Crippen LogP contribution in [0, 0.1) is 0 Å². The molecular formula is C11H11ClN2O4S2. The molecular weight excluding hydrogens is 324 g/mol. The van der Waals surface area contributed by atoms with Crippen LogP contribution in [0.5, 0.6) is 0 Å². The maximum atomic E-state index is 12.2. The molecule has 0 unspecified atom stereocenters. The van der Waals surface area contributed by atoms with E-state index in [1.54, 1.807) is 0 Å². The van der Waals surface area contributed by atoms with Crippen LogP contribution >= 0.6 is 22.9 Å². The quantitative estimate of drug-likeness (QED) is 0.770. The maximum Gasteiger partial charge on any atom is 0.252 e. The molecule has 0 radical (unpaired) electrons. The summed E-state index contributed by atoms with van der Waals surface area (Å²) in [7, 11) is -3.56. The number of carbonyl (C=O) groups excluding carboxylic acids is 2. The summed E-state index contributed by atoms with van der Waals surface area (Å²) in [5, 5.41) is 0. The van der Waals surface area contributed by atoms with Crippen LogP contribution in [0.25, 0.3) is 0 Å². The highest BCUT2D eigenvalue weighted by Crippen LogP contribution is 2.32. The summed E-state index contributed by atoms with van der Waals surface area (Å²) in [5.41, 5.74) is 0. The van der Waals surface area contributed by atoms with E-state index in [2.05, 4.69) is 0 Å². The summed E-state index contributed by atoms with van der Waals surface area (Å²) < 4.78 is 26.3. The largest absolute Gasteiger partial charge is 0.277 e. The van der Waals surface area contributed by atoms with Gasteiger partial charge in [-0.15, -0.1) is 11.3 Å². The minimum absolute atomic E-state index is 0.162. The van der Waals surface area contributed by atoms with Crippen LogP contribution in [0.15, 0.2) is 16.3 Å². The summed E-state index contributed by atoms with van der Waals surface area (Å²) >= 11 is 6.74. The van der Waals surface area contributed by atoms with E-state index >= 15 is 0 Å². The first-order chi connectivity index (χ1) is 9.39. The number of thiophene rings is 1. The van der Waals surface area contributed by atoms with E-state index in [1.165, 1.54) is 21.3 Å². The normalized spacial score (nSPS) is 21.6. The van der Waals surface area contributed by atoms with Crippen LogP contribution in [0.2, 0.25) is 4.34 Å². The number of likely N-dealkylation sites (tertiary alicyclic amines) is 1. The molecule has 3 rings (SSSR count). The minimum Gasteiger partial charge on any atom is -0.277 e. The molecule has 0 atom stereocenters. The van der Waals surface area contributed by atoms with Crippen molar-refractivity contribution in [3.05, 3.63) is 16.5 Å². The third-order valence-electron chi connectivity index (χ3n) is 3.43. The summed E-state index contributed by atoms with van der Waals surface area (Å²) in [6, 6.07) is 2.66. The van der Waals surface area contributed by atoms with Crippen molar-refractivity contribution in [3.8, 4) is 0 Å². The second kappa shape index (κ2) is 4.80. The molecule has 9 heteroatoms. The van der Waals surface area contributed by atoms with E-state index in [1.807, 2.05) is 0 Å². The molecule has 1 aromatic rings. The van der Waals surface area contributed by atoms with Crippen molar-refractivity contribution < 1.29 is 18.0 Å². The van der Waals surface area contributed by atoms with Gasteiger partial charge in [-0.25, -0.2) is 8.42 Å². The predicted octanol–water partition coefficient (Wildman–Crippen LogP) is 0.923. The molecule has 0 N–H and O–H groups in total. The predicted molar refractivity (Wildman–Crippen MR) is 73.0 cm³/mol. The lowest BCUT2D eigenvalue weighted by Crippen LogP contribution is -2.61. The van der Waals surface area contributed by atoms with Crippen LogP contribution in [0.1, 0.15) is 12.8 Å². The van der Waals surface area contributed by atoms with Gasteiger partial charge in [-0.3, -0.25) is 14.5 Å². The van der Waals surface area contributed by atoms with Crippen molar-refractivity contribution in [3.63, 3.8) is 0 Å². The van der Waals surface area contributed by atoms with Crippen LogP contribution in [-0.4, -0.2) is 48.6 Å². The van der Waals surface area contributed by atoms with Gasteiger partial charge >= 0.3 is 0 Å². The molecule has 0 saturated carbocycles. The van der Waals surface area contributed by atoms with Gasteiger partial charge in [-0.2, -0.15) is 4.31 Å². The number of nitrogens with zero attached hydrogens (tertiary/aromatic N) is 2. The van der Waals surface area contributed by atoms with Crippen molar-refractivity contribution in [1.82, 2.24) is 9.21 Å². The molecule has 20 heavy (non-hydrogen) atoms. The van der Waals surface area contributed by atoms with Gasteiger partial charge < -0.3 is 0 Å². The number of amides is 2. The Morgan fingerprint density at radius 1 is 1.15 bits per heavy atom. The maximum absolute atomic E-state index is 12.2. The number of hydrogen-bond acceptors (Lipinski definition) is 5.